The molecule has 1 heterocycles. The van der Waals surface area contributed by atoms with Crippen molar-refractivity contribution in [1.29, 1.82) is 0 Å². The predicted molar refractivity (Wildman–Crippen MR) is 79.8 cm³/mol. The van der Waals surface area contributed by atoms with E-state index >= 15 is 0 Å². The van der Waals surface area contributed by atoms with Crippen LogP contribution in [0.1, 0.15) is 18.0 Å². The van der Waals surface area contributed by atoms with Gasteiger partial charge in [-0.3, -0.25) is 4.79 Å². The van der Waals surface area contributed by atoms with Gasteiger partial charge in [-0.25, -0.2) is 0 Å². The number of aromatic hydroxyl groups is 1. The van der Waals surface area contributed by atoms with Crippen molar-refractivity contribution in [3.05, 3.63) is 40.4 Å². The molecule has 0 saturated carbocycles. The first-order valence-electron chi connectivity index (χ1n) is 6.43. The van der Waals surface area contributed by atoms with Crippen molar-refractivity contribution in [3.8, 4) is 5.75 Å². The van der Waals surface area contributed by atoms with Gasteiger partial charge in [-0.1, -0.05) is 28.1 Å². The number of hydrogen-bond acceptors (Lipinski definition) is 3. The second-order valence-electron chi connectivity index (χ2n) is 5.10. The van der Waals surface area contributed by atoms with E-state index < -0.39 is 11.9 Å². The molecule has 2 atom stereocenters. The number of carboxylic acid groups (broad SMARTS) is 1. The van der Waals surface area contributed by atoms with Gasteiger partial charge in [0.15, 0.2) is 0 Å². The maximum Gasteiger partial charge on any atom is 0.307 e. The highest BCUT2D eigenvalue weighted by atomic mass is 79.9. The predicted octanol–water partition coefficient (Wildman–Crippen LogP) is 3.04. The van der Waals surface area contributed by atoms with Gasteiger partial charge < -0.3 is 15.5 Å². The number of carboxylic acids is 1. The Kier molecular flexibility index (Phi) is 3.40. The van der Waals surface area contributed by atoms with Gasteiger partial charge in [-0.2, -0.15) is 0 Å². The molecule has 0 spiro atoms. The number of carbonyl (C=O) groups is 1. The molecule has 0 aromatic heterocycles. The minimum atomic E-state index is -0.789. The van der Waals surface area contributed by atoms with Crippen molar-refractivity contribution in [2.45, 2.75) is 12.5 Å². The van der Waals surface area contributed by atoms with Gasteiger partial charge in [-0.05, 0) is 35.4 Å². The van der Waals surface area contributed by atoms with E-state index in [2.05, 4.69) is 21.2 Å². The molecule has 1 saturated heterocycles. The Bertz CT molecular complexity index is 686. The van der Waals surface area contributed by atoms with Crippen LogP contribution in [0.2, 0.25) is 0 Å². The molecule has 5 heteroatoms. The highest BCUT2D eigenvalue weighted by Gasteiger charge is 2.32. The van der Waals surface area contributed by atoms with Crippen molar-refractivity contribution in [1.82, 2.24) is 5.32 Å². The zero-order valence-corrected chi connectivity index (χ0v) is 12.2. The van der Waals surface area contributed by atoms with E-state index in [1.165, 1.54) is 0 Å². The summed E-state index contributed by atoms with van der Waals surface area (Å²) in [5.41, 5.74) is 0.791. The highest BCUT2D eigenvalue weighted by molar-refractivity contribution is 9.10. The molecule has 2 aromatic rings. The van der Waals surface area contributed by atoms with Crippen molar-refractivity contribution in [2.24, 2.45) is 5.92 Å². The quantitative estimate of drug-likeness (QED) is 0.788. The SMILES string of the molecule is O=C(O)C1CNC(c2c(O)ccc3cc(Br)ccc23)C1. The Labute approximate surface area is 124 Å². The standard InChI is InChI=1S/C15H14BrNO3/c16-10-2-3-11-8(5-10)1-4-13(18)14(11)12-6-9(7-17-12)15(19)20/h1-5,9,12,17-18H,6-7H2,(H,19,20). The number of halogens is 1. The molecule has 3 N–H and O–H groups in total. The van der Waals surface area contributed by atoms with Crippen LogP contribution in [0.15, 0.2) is 34.8 Å². The minimum Gasteiger partial charge on any atom is -0.508 e. The minimum absolute atomic E-state index is 0.124. The van der Waals surface area contributed by atoms with Crippen LogP contribution in [-0.4, -0.2) is 22.7 Å². The lowest BCUT2D eigenvalue weighted by Gasteiger charge is -2.16. The molecule has 1 fully saturated rings. The number of benzene rings is 2. The normalized spacial score (nSPS) is 22.2. The maximum atomic E-state index is 11.1. The Hall–Kier alpha value is -1.59. The topological polar surface area (TPSA) is 69.6 Å². The molecule has 20 heavy (non-hydrogen) atoms. The number of fused-ring (bicyclic) bond motifs is 1. The molecule has 2 unspecified atom stereocenters. The summed E-state index contributed by atoms with van der Waals surface area (Å²) in [7, 11) is 0. The van der Waals surface area contributed by atoms with Crippen LogP contribution >= 0.6 is 15.9 Å². The summed E-state index contributed by atoms with van der Waals surface area (Å²) in [6.07, 6.45) is 0.498. The van der Waals surface area contributed by atoms with Crippen molar-refractivity contribution in [3.63, 3.8) is 0 Å². The third-order valence-corrected chi connectivity index (χ3v) is 4.32. The molecule has 0 bridgehead atoms. The average molecular weight is 336 g/mol. The lowest BCUT2D eigenvalue weighted by molar-refractivity contribution is -0.141. The van der Waals surface area contributed by atoms with Gasteiger partial charge in [0.1, 0.15) is 5.75 Å². The lowest BCUT2D eigenvalue weighted by atomic mass is 9.94. The van der Waals surface area contributed by atoms with Gasteiger partial charge in [0.2, 0.25) is 0 Å². The van der Waals surface area contributed by atoms with Crippen molar-refractivity contribution < 1.29 is 15.0 Å². The fourth-order valence-electron chi connectivity index (χ4n) is 2.82. The van der Waals surface area contributed by atoms with Crippen LogP contribution in [-0.2, 0) is 4.79 Å². The molecule has 1 aliphatic rings. The van der Waals surface area contributed by atoms with E-state index in [0.29, 0.717) is 13.0 Å². The van der Waals surface area contributed by atoms with Crippen LogP contribution in [0.3, 0.4) is 0 Å². The molecule has 2 aromatic carbocycles. The Morgan fingerprint density at radius 1 is 1.30 bits per heavy atom. The summed E-state index contributed by atoms with van der Waals surface area (Å²) in [5, 5.41) is 24.4. The molecular formula is C15H14BrNO3. The van der Waals surface area contributed by atoms with Crippen LogP contribution in [0.25, 0.3) is 10.8 Å². The lowest BCUT2D eigenvalue weighted by Crippen LogP contribution is -2.17. The number of hydrogen-bond donors (Lipinski definition) is 3. The smallest absolute Gasteiger partial charge is 0.307 e. The molecule has 4 nitrogen and oxygen atoms in total. The van der Waals surface area contributed by atoms with Gasteiger partial charge in [-0.15, -0.1) is 0 Å². The van der Waals surface area contributed by atoms with E-state index in [4.69, 9.17) is 5.11 Å². The zero-order valence-electron chi connectivity index (χ0n) is 10.6. The van der Waals surface area contributed by atoms with E-state index in [9.17, 15) is 9.90 Å². The second kappa shape index (κ2) is 5.07. The summed E-state index contributed by atoms with van der Waals surface area (Å²) < 4.78 is 0.976. The fourth-order valence-corrected chi connectivity index (χ4v) is 3.20. The first-order chi connectivity index (χ1) is 9.56. The number of rotatable bonds is 2. The largest absolute Gasteiger partial charge is 0.508 e. The van der Waals surface area contributed by atoms with E-state index in [1.807, 2.05) is 24.3 Å². The molecule has 0 radical (unpaired) electrons. The zero-order chi connectivity index (χ0) is 14.3. The van der Waals surface area contributed by atoms with Gasteiger partial charge in [0, 0.05) is 22.6 Å². The molecule has 1 aliphatic heterocycles. The van der Waals surface area contributed by atoms with Crippen LogP contribution < -0.4 is 5.32 Å². The number of phenolic OH excluding ortho intramolecular Hbond substituents is 1. The monoisotopic (exact) mass is 335 g/mol. The van der Waals surface area contributed by atoms with Crippen molar-refractivity contribution in [2.75, 3.05) is 6.54 Å². The Balaban J connectivity index is 2.07. The van der Waals surface area contributed by atoms with Crippen LogP contribution in [0, 0.1) is 5.92 Å². The fraction of sp³-hybridized carbons (Fsp3) is 0.267. The van der Waals surface area contributed by atoms with Crippen LogP contribution in [0.4, 0.5) is 0 Å². The molecule has 0 aliphatic carbocycles. The van der Waals surface area contributed by atoms with E-state index in [-0.39, 0.29) is 11.8 Å². The van der Waals surface area contributed by atoms with Gasteiger partial charge in [0.25, 0.3) is 0 Å². The third-order valence-electron chi connectivity index (χ3n) is 3.83. The first kappa shape index (κ1) is 13.4. The summed E-state index contributed by atoms with van der Waals surface area (Å²) in [6, 6.07) is 9.27. The van der Waals surface area contributed by atoms with E-state index in [1.54, 1.807) is 6.07 Å². The Morgan fingerprint density at radius 2 is 2.10 bits per heavy atom. The number of aliphatic carboxylic acids is 1. The number of nitrogens with one attached hydrogen (secondary N) is 1. The average Bonchev–Trinajstić information content (AvgIpc) is 2.88. The highest BCUT2D eigenvalue weighted by Crippen LogP contribution is 2.38. The first-order valence-corrected chi connectivity index (χ1v) is 7.23. The summed E-state index contributed by atoms with van der Waals surface area (Å²) in [5.74, 6) is -0.976. The maximum absolute atomic E-state index is 11.1. The molecular weight excluding hydrogens is 322 g/mol. The van der Waals surface area contributed by atoms with Gasteiger partial charge in [0.05, 0.1) is 5.92 Å². The third kappa shape index (κ3) is 2.27. The van der Waals surface area contributed by atoms with E-state index in [0.717, 1.165) is 20.8 Å². The van der Waals surface area contributed by atoms with Crippen molar-refractivity contribution >= 4 is 32.7 Å². The van der Waals surface area contributed by atoms with Crippen LogP contribution in [0.5, 0.6) is 5.75 Å². The number of phenols is 1. The van der Waals surface area contributed by atoms with Gasteiger partial charge >= 0.3 is 5.97 Å². The summed E-state index contributed by atoms with van der Waals surface area (Å²) in [6.45, 7) is 0.437. The Morgan fingerprint density at radius 3 is 2.80 bits per heavy atom. The second-order valence-corrected chi connectivity index (χ2v) is 6.01. The summed E-state index contributed by atoms with van der Waals surface area (Å²) in [4.78, 5) is 11.1. The summed E-state index contributed by atoms with van der Waals surface area (Å²) >= 11 is 3.43. The molecule has 0 amide bonds. The molecule has 104 valence electrons. The molecule has 3 rings (SSSR count).